The van der Waals surface area contributed by atoms with Gasteiger partial charge >= 0.3 is 0 Å². The number of hydrogen-bond acceptors (Lipinski definition) is 1. The highest BCUT2D eigenvalue weighted by Gasteiger charge is 2.07. The van der Waals surface area contributed by atoms with E-state index in [1.54, 1.807) is 6.07 Å². The first-order chi connectivity index (χ1) is 8.56. The molecule has 0 saturated heterocycles. The summed E-state index contributed by atoms with van der Waals surface area (Å²) in [5, 5.41) is 9.22. The first-order valence-electron chi connectivity index (χ1n) is 6.14. The summed E-state index contributed by atoms with van der Waals surface area (Å²) in [5.74, 6) is 0.135. The zero-order chi connectivity index (χ0) is 13.1. The third-order valence-electron chi connectivity index (χ3n) is 2.83. The van der Waals surface area contributed by atoms with E-state index in [9.17, 15) is 9.50 Å². The number of phenols is 1. The molecule has 0 unspecified atom stereocenters. The lowest BCUT2D eigenvalue weighted by atomic mass is 9.98. The van der Waals surface area contributed by atoms with Crippen LogP contribution in [0.2, 0.25) is 0 Å². The van der Waals surface area contributed by atoms with Gasteiger partial charge in [0.1, 0.15) is 11.6 Å². The number of halogens is 1. The largest absolute Gasteiger partial charge is 0.508 e. The SMILES string of the molecule is CC(C)Cc1cccc(-c2ccc(O)cc2F)c1. The first-order valence-corrected chi connectivity index (χ1v) is 6.14. The molecule has 1 N–H and O–H groups in total. The van der Waals surface area contributed by atoms with Crippen LogP contribution in [0, 0.1) is 11.7 Å². The molecule has 18 heavy (non-hydrogen) atoms. The molecule has 0 aromatic heterocycles. The van der Waals surface area contributed by atoms with Gasteiger partial charge in [0, 0.05) is 11.6 Å². The van der Waals surface area contributed by atoms with Crippen molar-refractivity contribution in [3.63, 3.8) is 0 Å². The van der Waals surface area contributed by atoms with E-state index < -0.39 is 5.82 Å². The van der Waals surface area contributed by atoms with Gasteiger partial charge in [0.15, 0.2) is 0 Å². The topological polar surface area (TPSA) is 20.2 Å². The molecule has 0 radical (unpaired) electrons. The van der Waals surface area contributed by atoms with Gasteiger partial charge in [-0.2, -0.15) is 0 Å². The van der Waals surface area contributed by atoms with Crippen molar-refractivity contribution in [3.05, 3.63) is 53.8 Å². The predicted octanol–water partition coefficient (Wildman–Crippen LogP) is 4.40. The Morgan fingerprint density at radius 2 is 1.89 bits per heavy atom. The van der Waals surface area contributed by atoms with Gasteiger partial charge in [-0.1, -0.05) is 38.1 Å². The van der Waals surface area contributed by atoms with Gasteiger partial charge in [0.2, 0.25) is 0 Å². The van der Waals surface area contributed by atoms with Crippen molar-refractivity contribution in [1.29, 1.82) is 0 Å². The van der Waals surface area contributed by atoms with Crippen molar-refractivity contribution >= 4 is 0 Å². The molecule has 2 rings (SSSR count). The maximum Gasteiger partial charge on any atom is 0.134 e. The molecule has 0 saturated carbocycles. The second kappa shape index (κ2) is 5.21. The molecule has 2 aromatic carbocycles. The zero-order valence-corrected chi connectivity index (χ0v) is 10.7. The number of rotatable bonds is 3. The lowest BCUT2D eigenvalue weighted by Crippen LogP contribution is -1.94. The highest BCUT2D eigenvalue weighted by atomic mass is 19.1. The Balaban J connectivity index is 2.38. The van der Waals surface area contributed by atoms with Crippen LogP contribution in [0.15, 0.2) is 42.5 Å². The minimum atomic E-state index is -0.392. The van der Waals surface area contributed by atoms with Crippen LogP contribution in [0.5, 0.6) is 5.75 Å². The summed E-state index contributed by atoms with van der Waals surface area (Å²) < 4.78 is 13.8. The van der Waals surface area contributed by atoms with Crippen LogP contribution in [0.25, 0.3) is 11.1 Å². The predicted molar refractivity (Wildman–Crippen MR) is 72.0 cm³/mol. The fraction of sp³-hybridized carbons (Fsp3) is 0.250. The molecule has 0 spiro atoms. The molecular weight excluding hydrogens is 227 g/mol. The Morgan fingerprint density at radius 3 is 2.56 bits per heavy atom. The number of phenolic OH excluding ortho intramolecular Hbond substituents is 1. The summed E-state index contributed by atoms with van der Waals surface area (Å²) in [6.45, 7) is 4.32. The average molecular weight is 244 g/mol. The van der Waals surface area contributed by atoms with Crippen molar-refractivity contribution in [2.24, 2.45) is 5.92 Å². The molecule has 0 aliphatic heterocycles. The van der Waals surface area contributed by atoms with Crippen LogP contribution in [0.1, 0.15) is 19.4 Å². The third-order valence-corrected chi connectivity index (χ3v) is 2.83. The highest BCUT2D eigenvalue weighted by molar-refractivity contribution is 5.65. The minimum Gasteiger partial charge on any atom is -0.508 e. The Bertz CT molecular complexity index is 547. The molecule has 0 aliphatic carbocycles. The lowest BCUT2D eigenvalue weighted by molar-refractivity contribution is 0.469. The summed E-state index contributed by atoms with van der Waals surface area (Å²) in [4.78, 5) is 0. The first kappa shape index (κ1) is 12.6. The fourth-order valence-corrected chi connectivity index (χ4v) is 2.08. The number of aromatic hydroxyl groups is 1. The van der Waals surface area contributed by atoms with Crippen LogP contribution in [0.3, 0.4) is 0 Å². The van der Waals surface area contributed by atoms with E-state index in [0.29, 0.717) is 11.5 Å². The molecule has 0 atom stereocenters. The fourth-order valence-electron chi connectivity index (χ4n) is 2.08. The summed E-state index contributed by atoms with van der Waals surface area (Å²) in [5.41, 5.74) is 2.58. The summed E-state index contributed by atoms with van der Waals surface area (Å²) in [7, 11) is 0. The van der Waals surface area contributed by atoms with Crippen LogP contribution in [0.4, 0.5) is 4.39 Å². The van der Waals surface area contributed by atoms with Gasteiger partial charge in [-0.3, -0.25) is 0 Å². The number of benzene rings is 2. The lowest BCUT2D eigenvalue weighted by Gasteiger charge is -2.08. The van der Waals surface area contributed by atoms with E-state index in [1.165, 1.54) is 11.6 Å². The van der Waals surface area contributed by atoms with E-state index in [4.69, 9.17) is 0 Å². The maximum absolute atomic E-state index is 13.8. The highest BCUT2D eigenvalue weighted by Crippen LogP contribution is 2.26. The van der Waals surface area contributed by atoms with E-state index in [-0.39, 0.29) is 5.75 Å². The maximum atomic E-state index is 13.8. The molecule has 0 heterocycles. The monoisotopic (exact) mass is 244 g/mol. The van der Waals surface area contributed by atoms with Crippen LogP contribution >= 0.6 is 0 Å². The van der Waals surface area contributed by atoms with Crippen LogP contribution in [-0.2, 0) is 6.42 Å². The molecular formula is C16H17FO. The average Bonchev–Trinajstić information content (AvgIpc) is 2.28. The van der Waals surface area contributed by atoms with E-state index >= 15 is 0 Å². The minimum absolute atomic E-state index is 0.0467. The van der Waals surface area contributed by atoms with Crippen molar-refractivity contribution in [2.75, 3.05) is 0 Å². The standard InChI is InChI=1S/C16H17FO/c1-11(2)8-12-4-3-5-13(9-12)15-7-6-14(18)10-16(15)17/h3-7,9-11,18H,8H2,1-2H3. The van der Waals surface area contributed by atoms with Crippen LogP contribution in [-0.4, -0.2) is 5.11 Å². The van der Waals surface area contributed by atoms with Gasteiger partial charge in [-0.05, 0) is 35.6 Å². The second-order valence-electron chi connectivity index (χ2n) is 4.96. The van der Waals surface area contributed by atoms with Gasteiger partial charge < -0.3 is 5.11 Å². The van der Waals surface area contributed by atoms with E-state index in [2.05, 4.69) is 19.9 Å². The Labute approximate surface area is 107 Å². The molecule has 1 nitrogen and oxygen atoms in total. The van der Waals surface area contributed by atoms with E-state index in [0.717, 1.165) is 18.1 Å². The van der Waals surface area contributed by atoms with Gasteiger partial charge in [0.25, 0.3) is 0 Å². The zero-order valence-electron chi connectivity index (χ0n) is 10.7. The summed E-state index contributed by atoms with van der Waals surface area (Å²) in [6, 6.07) is 12.2. The molecule has 94 valence electrons. The summed E-state index contributed by atoms with van der Waals surface area (Å²) >= 11 is 0. The van der Waals surface area contributed by atoms with Gasteiger partial charge in [-0.25, -0.2) is 4.39 Å². The quantitative estimate of drug-likeness (QED) is 0.848. The molecule has 2 heteroatoms. The van der Waals surface area contributed by atoms with E-state index in [1.807, 2.05) is 18.2 Å². The van der Waals surface area contributed by atoms with Crippen molar-refractivity contribution in [1.82, 2.24) is 0 Å². The molecule has 0 amide bonds. The van der Waals surface area contributed by atoms with Gasteiger partial charge in [-0.15, -0.1) is 0 Å². The Morgan fingerprint density at radius 1 is 1.11 bits per heavy atom. The second-order valence-corrected chi connectivity index (χ2v) is 4.96. The van der Waals surface area contributed by atoms with Crippen molar-refractivity contribution < 1.29 is 9.50 Å². The van der Waals surface area contributed by atoms with Gasteiger partial charge in [0.05, 0.1) is 0 Å². The van der Waals surface area contributed by atoms with Crippen molar-refractivity contribution in [3.8, 4) is 16.9 Å². The normalized spacial score (nSPS) is 10.9. The van der Waals surface area contributed by atoms with Crippen molar-refractivity contribution in [2.45, 2.75) is 20.3 Å². The molecule has 0 fully saturated rings. The Kier molecular flexibility index (Phi) is 3.66. The summed E-state index contributed by atoms with van der Waals surface area (Å²) in [6.07, 6.45) is 0.980. The molecule has 0 bridgehead atoms. The molecule has 2 aromatic rings. The smallest absolute Gasteiger partial charge is 0.134 e. The third kappa shape index (κ3) is 2.89. The van der Waals surface area contributed by atoms with Crippen LogP contribution < -0.4 is 0 Å². The Hall–Kier alpha value is -1.83. The molecule has 0 aliphatic rings. The number of hydrogen-bond donors (Lipinski definition) is 1.